The summed E-state index contributed by atoms with van der Waals surface area (Å²) in [4.78, 5) is 19.8. The highest BCUT2D eigenvalue weighted by atomic mass is 32.2. The van der Waals surface area contributed by atoms with Crippen molar-refractivity contribution in [2.75, 3.05) is 32.0 Å². The van der Waals surface area contributed by atoms with Crippen molar-refractivity contribution in [2.45, 2.75) is 4.21 Å². The zero-order chi connectivity index (χ0) is 16.7. The number of hydrogen-bond acceptors (Lipinski definition) is 7. The van der Waals surface area contributed by atoms with E-state index in [9.17, 15) is 13.2 Å². The molecule has 0 aliphatic heterocycles. The molecule has 2 rings (SSSR count). The normalized spacial score (nSPS) is 11.4. The first kappa shape index (κ1) is 17.3. The Labute approximate surface area is 138 Å². The Morgan fingerprint density at radius 2 is 2.00 bits per heavy atom. The first-order valence-corrected chi connectivity index (χ1v) is 9.09. The van der Waals surface area contributed by atoms with Gasteiger partial charge in [0.2, 0.25) is 11.9 Å². The Morgan fingerprint density at radius 1 is 1.26 bits per heavy atom. The van der Waals surface area contributed by atoms with Crippen LogP contribution >= 0.6 is 11.3 Å². The van der Waals surface area contributed by atoms with E-state index in [-0.39, 0.29) is 16.7 Å². The highest BCUT2D eigenvalue weighted by Crippen LogP contribution is 2.19. The molecule has 0 radical (unpaired) electrons. The number of likely N-dealkylation sites (N-methyl/N-ethyl adjacent to an activating group) is 1. The van der Waals surface area contributed by atoms with Crippen LogP contribution in [0.5, 0.6) is 0 Å². The molecule has 0 unspecified atom stereocenters. The third-order valence-electron chi connectivity index (χ3n) is 2.82. The van der Waals surface area contributed by atoms with E-state index in [0.29, 0.717) is 19.0 Å². The van der Waals surface area contributed by atoms with Gasteiger partial charge in [0.05, 0.1) is 6.54 Å². The van der Waals surface area contributed by atoms with Crippen LogP contribution in [0.2, 0.25) is 0 Å². The first-order valence-electron chi connectivity index (χ1n) is 6.77. The minimum atomic E-state index is -3.61. The maximum atomic E-state index is 12.2. The largest absolute Gasteiger partial charge is 0.353 e. The maximum absolute atomic E-state index is 12.2. The fourth-order valence-electron chi connectivity index (χ4n) is 1.67. The van der Waals surface area contributed by atoms with Crippen LogP contribution in [-0.4, -0.2) is 55.3 Å². The van der Waals surface area contributed by atoms with Gasteiger partial charge < -0.3 is 10.6 Å². The van der Waals surface area contributed by atoms with Gasteiger partial charge in [-0.05, 0) is 17.5 Å². The minimum absolute atomic E-state index is 0.218. The summed E-state index contributed by atoms with van der Waals surface area (Å²) in [6, 6.07) is 4.87. The molecule has 0 bridgehead atoms. The Balaban J connectivity index is 1.74. The number of sulfonamides is 1. The van der Waals surface area contributed by atoms with Gasteiger partial charge in [-0.3, -0.25) is 4.79 Å². The molecule has 0 aliphatic carbocycles. The molecule has 0 aliphatic rings. The molecular weight excluding hydrogens is 338 g/mol. The van der Waals surface area contributed by atoms with Crippen LogP contribution in [0.25, 0.3) is 0 Å². The number of thiophene rings is 1. The molecule has 10 heteroatoms. The van der Waals surface area contributed by atoms with Crippen molar-refractivity contribution in [2.24, 2.45) is 0 Å². The molecule has 124 valence electrons. The number of rotatable bonds is 8. The van der Waals surface area contributed by atoms with Crippen LogP contribution < -0.4 is 10.6 Å². The third kappa shape index (κ3) is 4.98. The van der Waals surface area contributed by atoms with Crippen molar-refractivity contribution < 1.29 is 13.2 Å². The Hall–Kier alpha value is -2.04. The molecule has 0 atom stereocenters. The van der Waals surface area contributed by atoms with Crippen LogP contribution in [-0.2, 0) is 14.8 Å². The highest BCUT2D eigenvalue weighted by Gasteiger charge is 2.23. The topological polar surface area (TPSA) is 104 Å². The summed E-state index contributed by atoms with van der Waals surface area (Å²) in [5.74, 6) is 0.0996. The standard InChI is InChI=1S/C13H17N5O3S2/c1-18(23(20,21)12-4-2-9-22-12)10-11(19)14-7-8-17-13-15-5-3-6-16-13/h2-6,9H,7-8,10H2,1H3,(H,14,19)(H,15,16,17). The summed E-state index contributed by atoms with van der Waals surface area (Å²) in [5.41, 5.74) is 0. The highest BCUT2D eigenvalue weighted by molar-refractivity contribution is 7.91. The number of carbonyl (C=O) groups excluding carboxylic acids is 1. The van der Waals surface area contributed by atoms with Gasteiger partial charge in [0.15, 0.2) is 0 Å². The van der Waals surface area contributed by atoms with Crippen LogP contribution in [0.3, 0.4) is 0 Å². The smallest absolute Gasteiger partial charge is 0.252 e. The van der Waals surface area contributed by atoms with E-state index in [1.54, 1.807) is 29.9 Å². The van der Waals surface area contributed by atoms with Crippen LogP contribution in [0.4, 0.5) is 5.95 Å². The molecule has 1 amide bonds. The fourth-order valence-corrected chi connectivity index (χ4v) is 4.00. The van der Waals surface area contributed by atoms with Crippen molar-refractivity contribution >= 4 is 33.2 Å². The van der Waals surface area contributed by atoms with Crippen molar-refractivity contribution in [3.8, 4) is 0 Å². The Bertz CT molecular complexity index is 719. The molecule has 0 spiro atoms. The van der Waals surface area contributed by atoms with E-state index in [0.717, 1.165) is 15.6 Å². The van der Waals surface area contributed by atoms with E-state index in [2.05, 4.69) is 20.6 Å². The summed E-state index contributed by atoms with van der Waals surface area (Å²) in [7, 11) is -2.23. The van der Waals surface area contributed by atoms with E-state index in [1.165, 1.54) is 13.1 Å². The Kier molecular flexibility index (Phi) is 6.02. The molecule has 0 saturated heterocycles. The first-order chi connectivity index (χ1) is 11.0. The van der Waals surface area contributed by atoms with Gasteiger partial charge in [0, 0.05) is 32.5 Å². The fraction of sp³-hybridized carbons (Fsp3) is 0.308. The summed E-state index contributed by atoms with van der Waals surface area (Å²) in [5, 5.41) is 7.26. The number of anilines is 1. The van der Waals surface area contributed by atoms with E-state index in [4.69, 9.17) is 0 Å². The van der Waals surface area contributed by atoms with Crippen LogP contribution in [0.15, 0.2) is 40.2 Å². The van der Waals surface area contributed by atoms with Gasteiger partial charge in [-0.2, -0.15) is 4.31 Å². The molecule has 2 aromatic heterocycles. The molecule has 0 aromatic carbocycles. The summed E-state index contributed by atoms with van der Waals surface area (Å²) in [6.45, 7) is 0.545. The van der Waals surface area contributed by atoms with E-state index >= 15 is 0 Å². The van der Waals surface area contributed by atoms with E-state index in [1.807, 2.05) is 0 Å². The zero-order valence-corrected chi connectivity index (χ0v) is 14.1. The molecule has 2 N–H and O–H groups in total. The number of nitrogens with zero attached hydrogens (tertiary/aromatic N) is 3. The molecule has 0 fully saturated rings. The second kappa shape index (κ2) is 7.99. The molecule has 2 aromatic rings. The number of aromatic nitrogens is 2. The van der Waals surface area contributed by atoms with Gasteiger partial charge >= 0.3 is 0 Å². The lowest BCUT2D eigenvalue weighted by Gasteiger charge is -2.15. The number of nitrogens with one attached hydrogen (secondary N) is 2. The lowest BCUT2D eigenvalue weighted by molar-refractivity contribution is -0.121. The average Bonchev–Trinajstić information content (AvgIpc) is 3.07. The second-order valence-electron chi connectivity index (χ2n) is 4.54. The van der Waals surface area contributed by atoms with Crippen molar-refractivity contribution in [1.82, 2.24) is 19.6 Å². The summed E-state index contributed by atoms with van der Waals surface area (Å²) >= 11 is 1.12. The summed E-state index contributed by atoms with van der Waals surface area (Å²) < 4.78 is 25.6. The quantitative estimate of drug-likeness (QED) is 0.664. The summed E-state index contributed by atoms with van der Waals surface area (Å²) in [6.07, 6.45) is 3.22. The maximum Gasteiger partial charge on any atom is 0.252 e. The lowest BCUT2D eigenvalue weighted by atomic mass is 10.5. The van der Waals surface area contributed by atoms with Gasteiger partial charge in [-0.25, -0.2) is 18.4 Å². The molecule has 2 heterocycles. The number of carbonyl (C=O) groups is 1. The van der Waals surface area contributed by atoms with Crippen LogP contribution in [0, 0.1) is 0 Å². The van der Waals surface area contributed by atoms with E-state index < -0.39 is 10.0 Å². The van der Waals surface area contributed by atoms with Crippen LogP contribution in [0.1, 0.15) is 0 Å². The van der Waals surface area contributed by atoms with Crippen molar-refractivity contribution in [3.05, 3.63) is 36.0 Å². The third-order valence-corrected chi connectivity index (χ3v) is 6.00. The lowest BCUT2D eigenvalue weighted by Crippen LogP contribution is -2.39. The molecule has 8 nitrogen and oxygen atoms in total. The SMILES string of the molecule is CN(CC(=O)NCCNc1ncccn1)S(=O)(=O)c1cccs1. The Morgan fingerprint density at radius 3 is 2.65 bits per heavy atom. The molecule has 0 saturated carbocycles. The minimum Gasteiger partial charge on any atom is -0.353 e. The van der Waals surface area contributed by atoms with Gasteiger partial charge in [0.1, 0.15) is 4.21 Å². The predicted molar refractivity (Wildman–Crippen MR) is 87.7 cm³/mol. The second-order valence-corrected chi connectivity index (χ2v) is 7.76. The van der Waals surface area contributed by atoms with Gasteiger partial charge in [0.25, 0.3) is 10.0 Å². The predicted octanol–water partition coefficient (Wildman–Crippen LogP) is 0.387. The number of hydrogen-bond donors (Lipinski definition) is 2. The van der Waals surface area contributed by atoms with Gasteiger partial charge in [-0.15, -0.1) is 11.3 Å². The molecular formula is C13H17N5O3S2. The monoisotopic (exact) mass is 355 g/mol. The average molecular weight is 355 g/mol. The van der Waals surface area contributed by atoms with Crippen molar-refractivity contribution in [1.29, 1.82) is 0 Å². The number of amides is 1. The zero-order valence-electron chi connectivity index (χ0n) is 12.5. The molecule has 23 heavy (non-hydrogen) atoms. The van der Waals surface area contributed by atoms with Gasteiger partial charge in [-0.1, -0.05) is 6.07 Å². The van der Waals surface area contributed by atoms with Crippen molar-refractivity contribution in [3.63, 3.8) is 0 Å².